The van der Waals surface area contributed by atoms with Gasteiger partial charge in [-0.2, -0.15) is 8.78 Å². The molecule has 1 aliphatic carbocycles. The van der Waals surface area contributed by atoms with Gasteiger partial charge < -0.3 is 20.7 Å². The Morgan fingerprint density at radius 2 is 1.83 bits per heavy atom. The number of benzene rings is 1. The van der Waals surface area contributed by atoms with E-state index in [9.17, 15) is 22.8 Å². The van der Waals surface area contributed by atoms with E-state index in [0.717, 1.165) is 31.5 Å². The fourth-order valence-corrected chi connectivity index (χ4v) is 3.23. The van der Waals surface area contributed by atoms with Gasteiger partial charge in [-0.25, -0.2) is 4.39 Å². The molecule has 0 unspecified atom stereocenters. The quantitative estimate of drug-likeness (QED) is 0.580. The van der Waals surface area contributed by atoms with Crippen LogP contribution in [0.1, 0.15) is 44.0 Å². The molecule has 1 aliphatic rings. The third-order valence-electron chi connectivity index (χ3n) is 4.53. The van der Waals surface area contributed by atoms with Crippen molar-refractivity contribution in [2.24, 2.45) is 11.8 Å². The molecule has 0 bridgehead atoms. The molecule has 3 N–H and O–H groups in total. The first-order chi connectivity index (χ1) is 13.5. The van der Waals surface area contributed by atoms with Crippen molar-refractivity contribution in [3.63, 3.8) is 0 Å². The van der Waals surface area contributed by atoms with Crippen molar-refractivity contribution >= 4 is 11.8 Å². The summed E-state index contributed by atoms with van der Waals surface area (Å²) in [5.74, 6) is -1.37. The number of amides is 2. The topological polar surface area (TPSA) is 79.5 Å². The fourth-order valence-electron chi connectivity index (χ4n) is 3.23. The van der Waals surface area contributed by atoms with Crippen LogP contribution in [0, 0.1) is 17.7 Å². The van der Waals surface area contributed by atoms with E-state index in [1.807, 2.05) is 20.8 Å². The van der Waals surface area contributed by atoms with Crippen LogP contribution in [0.5, 0.6) is 5.75 Å². The fraction of sp³-hybridized carbons (Fsp3) is 0.600. The maximum atomic E-state index is 13.4. The first kappa shape index (κ1) is 23.0. The van der Waals surface area contributed by atoms with Crippen LogP contribution < -0.4 is 20.7 Å². The summed E-state index contributed by atoms with van der Waals surface area (Å²) in [4.78, 5) is 23.9. The monoisotopic (exact) mass is 415 g/mol. The van der Waals surface area contributed by atoms with Crippen molar-refractivity contribution < 1.29 is 27.5 Å². The van der Waals surface area contributed by atoms with Crippen LogP contribution in [0.25, 0.3) is 0 Å². The van der Waals surface area contributed by atoms with Crippen LogP contribution in [0.4, 0.5) is 13.2 Å². The zero-order valence-electron chi connectivity index (χ0n) is 16.9. The minimum atomic E-state index is -3.16. The lowest BCUT2D eigenvalue weighted by molar-refractivity contribution is -0.121. The highest BCUT2D eigenvalue weighted by Gasteiger charge is 2.29. The average Bonchev–Trinajstić information content (AvgIpc) is 2.55. The standard InChI is InChI=1S/C20H28F3N3O3/c1-20(2,3)26-17(27)11-24-9-12-6-13(7-12)10-25-18(28)14-4-5-15(21)16(8-14)29-19(22)23/h4-5,8,12-13,19,24H,6-7,9-11H2,1-3H3,(H,25,28)(H,26,27)/t12-,13+. The molecule has 0 spiro atoms. The number of carbonyl (C=O) groups excluding carboxylic acids is 2. The van der Waals surface area contributed by atoms with Gasteiger partial charge in [0.2, 0.25) is 5.91 Å². The minimum Gasteiger partial charge on any atom is -0.432 e. The highest BCUT2D eigenvalue weighted by Crippen LogP contribution is 2.32. The highest BCUT2D eigenvalue weighted by molar-refractivity contribution is 5.94. The molecule has 1 fully saturated rings. The highest BCUT2D eigenvalue weighted by atomic mass is 19.3. The largest absolute Gasteiger partial charge is 0.432 e. The summed E-state index contributed by atoms with van der Waals surface area (Å²) >= 11 is 0. The molecule has 0 aromatic heterocycles. The van der Waals surface area contributed by atoms with Gasteiger partial charge in [0.1, 0.15) is 0 Å². The van der Waals surface area contributed by atoms with Crippen LogP contribution in [0.2, 0.25) is 0 Å². The Morgan fingerprint density at radius 1 is 1.17 bits per heavy atom. The summed E-state index contributed by atoms with van der Waals surface area (Å²) in [6.45, 7) is 4.05. The lowest BCUT2D eigenvalue weighted by atomic mass is 9.75. The lowest BCUT2D eigenvalue weighted by Crippen LogP contribution is -2.46. The molecule has 0 radical (unpaired) electrons. The Morgan fingerprint density at radius 3 is 2.45 bits per heavy atom. The Kier molecular flexibility index (Phi) is 7.89. The number of carbonyl (C=O) groups is 2. The van der Waals surface area contributed by atoms with Gasteiger partial charge in [0.15, 0.2) is 11.6 Å². The van der Waals surface area contributed by atoms with Gasteiger partial charge in [-0.05, 0) is 70.2 Å². The number of nitrogens with one attached hydrogen (secondary N) is 3. The van der Waals surface area contributed by atoms with Crippen molar-refractivity contribution in [1.82, 2.24) is 16.0 Å². The van der Waals surface area contributed by atoms with E-state index in [2.05, 4.69) is 20.7 Å². The second-order valence-corrected chi connectivity index (χ2v) is 8.37. The number of hydrogen-bond donors (Lipinski definition) is 3. The molecule has 0 atom stereocenters. The van der Waals surface area contributed by atoms with E-state index in [1.54, 1.807) is 0 Å². The molecule has 162 valence electrons. The Labute approximate surface area is 168 Å². The van der Waals surface area contributed by atoms with Gasteiger partial charge in [0.05, 0.1) is 6.54 Å². The molecule has 1 aromatic carbocycles. The van der Waals surface area contributed by atoms with Crippen molar-refractivity contribution in [1.29, 1.82) is 0 Å². The first-order valence-corrected chi connectivity index (χ1v) is 9.58. The molecule has 1 aromatic rings. The molecule has 2 amide bonds. The zero-order valence-corrected chi connectivity index (χ0v) is 16.9. The first-order valence-electron chi connectivity index (χ1n) is 9.58. The number of rotatable bonds is 9. The van der Waals surface area contributed by atoms with Crippen LogP contribution >= 0.6 is 0 Å². The lowest BCUT2D eigenvalue weighted by Gasteiger charge is -2.35. The predicted octanol–water partition coefficient (Wildman–Crippen LogP) is 2.69. The van der Waals surface area contributed by atoms with Crippen LogP contribution in [-0.4, -0.2) is 43.6 Å². The Bertz CT molecular complexity index is 717. The zero-order chi connectivity index (χ0) is 21.6. The second-order valence-electron chi connectivity index (χ2n) is 8.37. The van der Waals surface area contributed by atoms with E-state index < -0.39 is 24.1 Å². The Balaban J connectivity index is 1.66. The number of halogens is 3. The average molecular weight is 415 g/mol. The summed E-state index contributed by atoms with van der Waals surface area (Å²) in [6, 6.07) is 3.11. The second kappa shape index (κ2) is 9.96. The van der Waals surface area contributed by atoms with Crippen molar-refractivity contribution in [3.05, 3.63) is 29.6 Å². The van der Waals surface area contributed by atoms with Gasteiger partial charge >= 0.3 is 6.61 Å². The van der Waals surface area contributed by atoms with Gasteiger partial charge in [-0.3, -0.25) is 9.59 Å². The van der Waals surface area contributed by atoms with E-state index in [0.29, 0.717) is 18.4 Å². The molecule has 0 aliphatic heterocycles. The summed E-state index contributed by atoms with van der Waals surface area (Å²) < 4.78 is 42.0. The molecule has 9 heteroatoms. The summed E-state index contributed by atoms with van der Waals surface area (Å²) in [5.41, 5.74) is -0.195. The molecule has 1 saturated carbocycles. The number of hydrogen-bond acceptors (Lipinski definition) is 4. The normalized spacial score (nSPS) is 18.9. The summed E-state index contributed by atoms with van der Waals surface area (Å²) in [7, 11) is 0. The van der Waals surface area contributed by atoms with E-state index in [-0.39, 0.29) is 23.6 Å². The van der Waals surface area contributed by atoms with Crippen molar-refractivity contribution in [3.8, 4) is 5.75 Å². The van der Waals surface area contributed by atoms with Crippen molar-refractivity contribution in [2.45, 2.75) is 45.8 Å². The van der Waals surface area contributed by atoms with Crippen LogP contribution in [0.15, 0.2) is 18.2 Å². The van der Waals surface area contributed by atoms with Crippen LogP contribution in [0.3, 0.4) is 0 Å². The molecule has 0 heterocycles. The minimum absolute atomic E-state index is 0.0462. The van der Waals surface area contributed by atoms with Gasteiger partial charge in [-0.1, -0.05) is 0 Å². The van der Waals surface area contributed by atoms with E-state index in [4.69, 9.17) is 0 Å². The maximum absolute atomic E-state index is 13.4. The van der Waals surface area contributed by atoms with E-state index in [1.165, 1.54) is 6.07 Å². The number of ether oxygens (including phenoxy) is 1. The predicted molar refractivity (Wildman–Crippen MR) is 102 cm³/mol. The molecule has 6 nitrogen and oxygen atoms in total. The smallest absolute Gasteiger partial charge is 0.387 e. The molecular formula is C20H28F3N3O3. The summed E-state index contributed by atoms with van der Waals surface area (Å²) in [6.07, 6.45) is 1.83. The van der Waals surface area contributed by atoms with Gasteiger partial charge in [0, 0.05) is 17.6 Å². The van der Waals surface area contributed by atoms with Gasteiger partial charge in [0.25, 0.3) is 5.91 Å². The van der Waals surface area contributed by atoms with Crippen molar-refractivity contribution in [2.75, 3.05) is 19.6 Å². The Hall–Kier alpha value is -2.29. The molecule has 0 saturated heterocycles. The maximum Gasteiger partial charge on any atom is 0.387 e. The SMILES string of the molecule is CC(C)(C)NC(=O)CNC[C@H]1C[C@@H](CNC(=O)c2ccc(F)c(OC(F)F)c2)C1. The third kappa shape index (κ3) is 7.92. The molecule has 2 rings (SSSR count). The van der Waals surface area contributed by atoms with E-state index >= 15 is 0 Å². The van der Waals surface area contributed by atoms with Crippen LogP contribution in [-0.2, 0) is 4.79 Å². The molecular weight excluding hydrogens is 387 g/mol. The third-order valence-corrected chi connectivity index (χ3v) is 4.53. The number of alkyl halides is 2. The molecule has 29 heavy (non-hydrogen) atoms. The summed E-state index contributed by atoms with van der Waals surface area (Å²) in [5, 5.41) is 8.75. The van der Waals surface area contributed by atoms with Gasteiger partial charge in [-0.15, -0.1) is 0 Å².